The molecule has 2 aromatic heterocycles. The van der Waals surface area contributed by atoms with Crippen molar-refractivity contribution in [1.82, 2.24) is 15.4 Å². The molecular formula is C18H16BrN5OS. The van der Waals surface area contributed by atoms with E-state index >= 15 is 0 Å². The summed E-state index contributed by atoms with van der Waals surface area (Å²) in [7, 11) is 0. The summed E-state index contributed by atoms with van der Waals surface area (Å²) in [6.07, 6.45) is 1.51. The number of benzene rings is 1. The number of anilines is 1. The van der Waals surface area contributed by atoms with E-state index in [1.54, 1.807) is 22.4 Å². The summed E-state index contributed by atoms with van der Waals surface area (Å²) in [6, 6.07) is 9.52. The van der Waals surface area contributed by atoms with Crippen LogP contribution in [0.2, 0.25) is 0 Å². The molecule has 26 heavy (non-hydrogen) atoms. The highest BCUT2D eigenvalue weighted by atomic mass is 79.9. The molecule has 0 spiro atoms. The van der Waals surface area contributed by atoms with Crippen LogP contribution in [0.1, 0.15) is 30.0 Å². The van der Waals surface area contributed by atoms with Gasteiger partial charge in [0.05, 0.1) is 4.47 Å². The molecule has 0 aliphatic heterocycles. The number of hydrogen-bond donors (Lipinski definition) is 1. The van der Waals surface area contributed by atoms with Crippen LogP contribution in [-0.4, -0.2) is 22.4 Å². The number of nitrogens with one attached hydrogen (secondary N) is 1. The molecule has 132 valence electrons. The highest BCUT2D eigenvalue weighted by molar-refractivity contribution is 9.10. The van der Waals surface area contributed by atoms with Crippen molar-refractivity contribution in [2.24, 2.45) is 5.92 Å². The summed E-state index contributed by atoms with van der Waals surface area (Å²) >= 11 is 5.03. The molecule has 6 nitrogen and oxygen atoms in total. The summed E-state index contributed by atoms with van der Waals surface area (Å²) < 4.78 is 1.74. The summed E-state index contributed by atoms with van der Waals surface area (Å²) in [6.45, 7) is 4.61. The molecule has 0 aliphatic rings. The van der Waals surface area contributed by atoms with Crippen molar-refractivity contribution in [3.05, 3.63) is 51.7 Å². The Labute approximate surface area is 163 Å². The molecule has 0 atom stereocenters. The number of amides is 1. The number of carbonyl (C=O) groups is 1. The van der Waals surface area contributed by atoms with Gasteiger partial charge in [0.15, 0.2) is 5.82 Å². The van der Waals surface area contributed by atoms with Crippen LogP contribution in [0, 0.1) is 17.2 Å². The molecule has 1 N–H and O–H groups in total. The second-order valence-corrected chi connectivity index (χ2v) is 7.90. The van der Waals surface area contributed by atoms with E-state index in [0.717, 1.165) is 10.1 Å². The zero-order valence-electron chi connectivity index (χ0n) is 14.2. The van der Waals surface area contributed by atoms with Gasteiger partial charge in [-0.3, -0.25) is 15.2 Å². The van der Waals surface area contributed by atoms with E-state index in [9.17, 15) is 4.79 Å². The number of rotatable bonds is 5. The molecule has 0 bridgehead atoms. The largest absolute Gasteiger partial charge is 0.269 e. The molecule has 8 heteroatoms. The number of hydrogen-bond acceptors (Lipinski definition) is 6. The Balaban J connectivity index is 1.90. The smallest absolute Gasteiger partial charge is 0.267 e. The van der Waals surface area contributed by atoms with Gasteiger partial charge in [-0.1, -0.05) is 13.8 Å². The van der Waals surface area contributed by atoms with E-state index in [4.69, 9.17) is 5.26 Å². The summed E-state index contributed by atoms with van der Waals surface area (Å²) in [4.78, 5) is 20.9. The van der Waals surface area contributed by atoms with E-state index in [1.807, 2.05) is 43.5 Å². The average molecular weight is 430 g/mol. The lowest BCUT2D eigenvalue weighted by Gasteiger charge is -2.26. The van der Waals surface area contributed by atoms with Gasteiger partial charge in [0.2, 0.25) is 5.82 Å². The van der Waals surface area contributed by atoms with Crippen LogP contribution >= 0.6 is 27.3 Å². The first kappa shape index (κ1) is 18.3. The van der Waals surface area contributed by atoms with Crippen LogP contribution < -0.4 is 10.4 Å². The quantitative estimate of drug-likeness (QED) is 0.616. The van der Waals surface area contributed by atoms with E-state index in [0.29, 0.717) is 22.4 Å². The number of halogens is 1. The van der Waals surface area contributed by atoms with Crippen molar-refractivity contribution < 1.29 is 4.79 Å². The van der Waals surface area contributed by atoms with Gasteiger partial charge in [-0.25, -0.2) is 4.98 Å². The van der Waals surface area contributed by atoms with E-state index in [2.05, 4.69) is 31.3 Å². The second kappa shape index (κ2) is 7.81. The maximum atomic E-state index is 12.8. The topological polar surface area (TPSA) is 81.9 Å². The van der Waals surface area contributed by atoms with Crippen molar-refractivity contribution in [2.75, 3.05) is 11.6 Å². The Morgan fingerprint density at radius 1 is 1.42 bits per heavy atom. The van der Waals surface area contributed by atoms with Crippen LogP contribution in [-0.2, 0) is 0 Å². The molecule has 0 fully saturated rings. The van der Waals surface area contributed by atoms with Gasteiger partial charge in [-0.15, -0.1) is 11.3 Å². The summed E-state index contributed by atoms with van der Waals surface area (Å²) in [5.41, 5.74) is 3.46. The van der Waals surface area contributed by atoms with Gasteiger partial charge < -0.3 is 0 Å². The first-order valence-corrected chi connectivity index (χ1v) is 9.63. The SMILES string of the molecule is CC(C)CN(NC(=O)c1ccc2sccc2c1)c1nc(C#N)ncc1Br. The average Bonchev–Trinajstić information content (AvgIpc) is 3.08. The minimum atomic E-state index is -0.234. The third-order valence-electron chi connectivity index (χ3n) is 3.58. The fourth-order valence-electron chi connectivity index (χ4n) is 2.45. The first-order chi connectivity index (χ1) is 12.5. The number of nitriles is 1. The normalized spacial score (nSPS) is 10.7. The first-order valence-electron chi connectivity index (χ1n) is 7.96. The number of fused-ring (bicyclic) bond motifs is 1. The molecular weight excluding hydrogens is 414 g/mol. The van der Waals surface area contributed by atoms with Crippen molar-refractivity contribution in [3.8, 4) is 6.07 Å². The Hall–Kier alpha value is -2.50. The van der Waals surface area contributed by atoms with Crippen LogP contribution in [0.15, 0.2) is 40.3 Å². The molecule has 3 aromatic rings. The minimum Gasteiger partial charge on any atom is -0.267 e. The monoisotopic (exact) mass is 429 g/mol. The van der Waals surface area contributed by atoms with Crippen molar-refractivity contribution >= 4 is 49.1 Å². The zero-order valence-corrected chi connectivity index (χ0v) is 16.6. The van der Waals surface area contributed by atoms with Crippen LogP contribution in [0.3, 0.4) is 0 Å². The standard InChI is InChI=1S/C18H16BrN5OS/c1-11(2)10-24(17-14(19)9-21-16(8-20)22-17)23-18(25)13-3-4-15-12(7-13)5-6-26-15/h3-7,9,11H,10H2,1-2H3,(H,23,25). The van der Waals surface area contributed by atoms with Gasteiger partial charge in [0.25, 0.3) is 5.91 Å². The minimum absolute atomic E-state index is 0.0471. The highest BCUT2D eigenvalue weighted by Crippen LogP contribution is 2.24. The van der Waals surface area contributed by atoms with Crippen molar-refractivity contribution in [2.45, 2.75) is 13.8 Å². The van der Waals surface area contributed by atoms with Crippen molar-refractivity contribution in [3.63, 3.8) is 0 Å². The third kappa shape index (κ3) is 4.00. The molecule has 1 aromatic carbocycles. The molecule has 2 heterocycles. The summed E-state index contributed by atoms with van der Waals surface area (Å²) in [5.74, 6) is 0.533. The number of nitrogens with zero attached hydrogens (tertiary/aromatic N) is 4. The van der Waals surface area contributed by atoms with Gasteiger partial charge >= 0.3 is 0 Å². The predicted molar refractivity (Wildman–Crippen MR) is 106 cm³/mol. The van der Waals surface area contributed by atoms with E-state index in [1.165, 1.54) is 6.20 Å². The molecule has 0 aliphatic carbocycles. The molecule has 0 unspecified atom stereocenters. The fourth-order valence-corrected chi connectivity index (χ4v) is 3.62. The predicted octanol–water partition coefficient (Wildman–Crippen LogP) is 4.13. The highest BCUT2D eigenvalue weighted by Gasteiger charge is 2.18. The maximum absolute atomic E-state index is 12.8. The number of carbonyl (C=O) groups excluding carboxylic acids is 1. The Kier molecular flexibility index (Phi) is 5.49. The van der Waals surface area contributed by atoms with Gasteiger partial charge in [0, 0.05) is 23.0 Å². The second-order valence-electron chi connectivity index (χ2n) is 6.10. The van der Waals surface area contributed by atoms with Gasteiger partial charge in [0.1, 0.15) is 6.07 Å². The van der Waals surface area contributed by atoms with Crippen LogP contribution in [0.4, 0.5) is 5.82 Å². The zero-order chi connectivity index (χ0) is 18.7. The molecule has 1 amide bonds. The third-order valence-corrected chi connectivity index (χ3v) is 5.04. The summed E-state index contributed by atoms with van der Waals surface area (Å²) in [5, 5.41) is 13.7. The molecule has 0 saturated carbocycles. The molecule has 3 rings (SSSR count). The maximum Gasteiger partial charge on any atom is 0.269 e. The molecule has 0 saturated heterocycles. The Morgan fingerprint density at radius 3 is 2.96 bits per heavy atom. The van der Waals surface area contributed by atoms with Crippen LogP contribution in [0.25, 0.3) is 10.1 Å². The van der Waals surface area contributed by atoms with Crippen molar-refractivity contribution in [1.29, 1.82) is 5.26 Å². The lowest BCUT2D eigenvalue weighted by atomic mass is 10.1. The number of hydrazine groups is 1. The Morgan fingerprint density at radius 2 is 2.23 bits per heavy atom. The Bertz CT molecular complexity index is 995. The lowest BCUT2D eigenvalue weighted by molar-refractivity contribution is 0.0947. The number of thiophene rings is 1. The number of aromatic nitrogens is 2. The van der Waals surface area contributed by atoms with Gasteiger partial charge in [-0.2, -0.15) is 10.2 Å². The van der Waals surface area contributed by atoms with Gasteiger partial charge in [-0.05, 0) is 56.9 Å². The fraction of sp³-hybridized carbons (Fsp3) is 0.222. The molecule has 0 radical (unpaired) electrons. The van der Waals surface area contributed by atoms with E-state index < -0.39 is 0 Å². The van der Waals surface area contributed by atoms with Crippen LogP contribution in [0.5, 0.6) is 0 Å². The lowest BCUT2D eigenvalue weighted by Crippen LogP contribution is -2.45. The van der Waals surface area contributed by atoms with E-state index in [-0.39, 0.29) is 17.6 Å².